The van der Waals surface area contributed by atoms with E-state index in [1.54, 1.807) is 24.3 Å². The van der Waals surface area contributed by atoms with Crippen LogP contribution in [0.1, 0.15) is 24.0 Å². The Balaban J connectivity index is 1.64. The zero-order chi connectivity index (χ0) is 22.5. The van der Waals surface area contributed by atoms with Crippen LogP contribution in [0.5, 0.6) is 17.2 Å². The fourth-order valence-electron chi connectivity index (χ4n) is 3.65. The Kier molecular flexibility index (Phi) is 6.17. The molecule has 0 heterocycles. The van der Waals surface area contributed by atoms with Gasteiger partial charge >= 0.3 is 0 Å². The van der Waals surface area contributed by atoms with Crippen LogP contribution >= 0.6 is 0 Å². The molecule has 0 saturated carbocycles. The number of aromatic hydroxyl groups is 1. The maximum Gasteiger partial charge on any atom is 0.269 e. The number of non-ortho nitro benzene ring substituents is 1. The number of phenols is 1. The number of ether oxygens (including phenoxy) is 1. The van der Waals surface area contributed by atoms with E-state index < -0.39 is 4.92 Å². The second-order valence-electron chi connectivity index (χ2n) is 7.75. The molecule has 0 aliphatic heterocycles. The molecule has 0 bridgehead atoms. The summed E-state index contributed by atoms with van der Waals surface area (Å²) >= 11 is 0. The van der Waals surface area contributed by atoms with Crippen LogP contribution in [0.2, 0.25) is 0 Å². The predicted octanol–water partition coefficient (Wildman–Crippen LogP) is 7.11. The zero-order valence-electron chi connectivity index (χ0n) is 17.6. The monoisotopic (exact) mass is 425 g/mol. The van der Waals surface area contributed by atoms with Crippen molar-refractivity contribution in [2.75, 3.05) is 0 Å². The lowest BCUT2D eigenvalue weighted by atomic mass is 9.91. The third-order valence-electron chi connectivity index (χ3n) is 5.41. The average molecular weight is 425 g/mol. The molecule has 0 saturated heterocycles. The van der Waals surface area contributed by atoms with Gasteiger partial charge < -0.3 is 9.84 Å². The lowest BCUT2D eigenvalue weighted by Crippen LogP contribution is -2.00. The van der Waals surface area contributed by atoms with E-state index in [2.05, 4.69) is 19.1 Å². The van der Waals surface area contributed by atoms with Gasteiger partial charge in [0.2, 0.25) is 0 Å². The highest BCUT2D eigenvalue weighted by Crippen LogP contribution is 2.36. The fourth-order valence-corrected chi connectivity index (χ4v) is 3.65. The number of rotatable bonds is 7. The quantitative estimate of drug-likeness (QED) is 0.253. The molecule has 0 fully saturated rings. The van der Waals surface area contributed by atoms with Crippen molar-refractivity contribution in [3.05, 3.63) is 118 Å². The molecule has 4 aromatic rings. The van der Waals surface area contributed by atoms with Gasteiger partial charge in [-0.05, 0) is 65.4 Å². The fraction of sp³-hybridized carbons (Fsp3) is 0.111. The van der Waals surface area contributed by atoms with Gasteiger partial charge in [0.25, 0.3) is 5.69 Å². The lowest BCUT2D eigenvalue weighted by Gasteiger charge is -2.17. The van der Waals surface area contributed by atoms with Crippen molar-refractivity contribution in [1.82, 2.24) is 0 Å². The first kappa shape index (κ1) is 21.1. The van der Waals surface area contributed by atoms with Crippen molar-refractivity contribution in [2.24, 2.45) is 0 Å². The molecule has 1 unspecified atom stereocenters. The van der Waals surface area contributed by atoms with Crippen molar-refractivity contribution in [3.63, 3.8) is 0 Å². The third-order valence-corrected chi connectivity index (χ3v) is 5.41. The molecule has 32 heavy (non-hydrogen) atoms. The zero-order valence-corrected chi connectivity index (χ0v) is 17.6. The second kappa shape index (κ2) is 9.35. The highest BCUT2D eigenvalue weighted by atomic mass is 16.6. The van der Waals surface area contributed by atoms with Crippen LogP contribution in [0.3, 0.4) is 0 Å². The molecular formula is C27H23NO4. The summed E-state index contributed by atoms with van der Waals surface area (Å²) in [5.41, 5.74) is 4.34. The van der Waals surface area contributed by atoms with E-state index in [-0.39, 0.29) is 17.4 Å². The van der Waals surface area contributed by atoms with Gasteiger partial charge in [0.1, 0.15) is 17.2 Å². The number of benzene rings is 4. The molecule has 160 valence electrons. The summed E-state index contributed by atoms with van der Waals surface area (Å²) in [5, 5.41) is 20.4. The molecular weight excluding hydrogens is 402 g/mol. The van der Waals surface area contributed by atoms with Gasteiger partial charge in [-0.25, -0.2) is 0 Å². The van der Waals surface area contributed by atoms with Crippen LogP contribution in [0, 0.1) is 10.1 Å². The minimum Gasteiger partial charge on any atom is -0.508 e. The number of nitro benzene ring substituents is 1. The largest absolute Gasteiger partial charge is 0.508 e. The molecule has 4 rings (SSSR count). The van der Waals surface area contributed by atoms with Gasteiger partial charge in [0.15, 0.2) is 0 Å². The van der Waals surface area contributed by atoms with E-state index in [1.165, 1.54) is 17.7 Å². The number of hydrogen-bond donors (Lipinski definition) is 1. The van der Waals surface area contributed by atoms with Crippen molar-refractivity contribution in [1.29, 1.82) is 0 Å². The first-order valence-electron chi connectivity index (χ1n) is 10.4. The first-order valence-corrected chi connectivity index (χ1v) is 10.4. The summed E-state index contributed by atoms with van der Waals surface area (Å²) in [5.74, 6) is 1.75. The summed E-state index contributed by atoms with van der Waals surface area (Å²) in [7, 11) is 0. The Morgan fingerprint density at radius 2 is 1.59 bits per heavy atom. The van der Waals surface area contributed by atoms with Crippen LogP contribution in [-0.2, 0) is 6.42 Å². The molecule has 1 N–H and O–H groups in total. The van der Waals surface area contributed by atoms with Crippen molar-refractivity contribution in [3.8, 4) is 28.4 Å². The third kappa shape index (κ3) is 4.95. The van der Waals surface area contributed by atoms with E-state index in [9.17, 15) is 15.2 Å². The Labute approximate surface area is 186 Å². The Hall–Kier alpha value is -4.12. The summed E-state index contributed by atoms with van der Waals surface area (Å²) in [4.78, 5) is 10.5. The van der Waals surface area contributed by atoms with Crippen LogP contribution in [-0.4, -0.2) is 10.0 Å². The molecule has 0 spiro atoms. The SMILES string of the molecule is CC(Cc1ccc(O)cc1)c1ccc(Oc2ccc([N+](=O)[O-])cc2)c(-c2ccccc2)c1. The smallest absolute Gasteiger partial charge is 0.269 e. The average Bonchev–Trinajstić information content (AvgIpc) is 2.81. The molecule has 5 nitrogen and oxygen atoms in total. The molecule has 1 atom stereocenters. The summed E-state index contributed by atoms with van der Waals surface area (Å²) in [6, 6.07) is 29.5. The van der Waals surface area contributed by atoms with E-state index in [0.29, 0.717) is 11.5 Å². The highest BCUT2D eigenvalue weighted by Gasteiger charge is 2.14. The van der Waals surface area contributed by atoms with Gasteiger partial charge in [-0.15, -0.1) is 0 Å². The summed E-state index contributed by atoms with van der Waals surface area (Å²) in [6.07, 6.45) is 0.844. The number of nitrogens with zero attached hydrogens (tertiary/aromatic N) is 1. The van der Waals surface area contributed by atoms with E-state index >= 15 is 0 Å². The summed E-state index contributed by atoms with van der Waals surface area (Å²) in [6.45, 7) is 2.17. The van der Waals surface area contributed by atoms with Gasteiger partial charge in [0, 0.05) is 17.7 Å². The highest BCUT2D eigenvalue weighted by molar-refractivity contribution is 5.72. The van der Waals surface area contributed by atoms with Crippen molar-refractivity contribution < 1.29 is 14.8 Å². The van der Waals surface area contributed by atoms with Crippen LogP contribution in [0.25, 0.3) is 11.1 Å². The minimum atomic E-state index is -0.427. The second-order valence-corrected chi connectivity index (χ2v) is 7.75. The van der Waals surface area contributed by atoms with E-state index in [1.807, 2.05) is 48.5 Å². The van der Waals surface area contributed by atoms with E-state index in [4.69, 9.17) is 4.74 Å². The normalized spacial score (nSPS) is 11.7. The van der Waals surface area contributed by atoms with Gasteiger partial charge in [-0.1, -0.05) is 55.5 Å². The molecule has 0 amide bonds. The Morgan fingerprint density at radius 3 is 2.25 bits per heavy atom. The Morgan fingerprint density at radius 1 is 0.906 bits per heavy atom. The van der Waals surface area contributed by atoms with Crippen LogP contribution < -0.4 is 4.74 Å². The predicted molar refractivity (Wildman–Crippen MR) is 125 cm³/mol. The molecule has 0 radical (unpaired) electrons. The topological polar surface area (TPSA) is 72.6 Å². The maximum absolute atomic E-state index is 10.9. The molecule has 0 aliphatic rings. The Bertz CT molecular complexity index is 1200. The minimum absolute atomic E-state index is 0.0269. The van der Waals surface area contributed by atoms with Gasteiger partial charge in [-0.2, -0.15) is 0 Å². The molecule has 4 aromatic carbocycles. The number of hydrogen-bond acceptors (Lipinski definition) is 4. The van der Waals surface area contributed by atoms with Crippen molar-refractivity contribution in [2.45, 2.75) is 19.3 Å². The van der Waals surface area contributed by atoms with Gasteiger partial charge in [-0.3, -0.25) is 10.1 Å². The number of phenolic OH excluding ortho intramolecular Hbond substituents is 1. The molecule has 0 aromatic heterocycles. The molecule has 0 aliphatic carbocycles. The van der Waals surface area contributed by atoms with Crippen molar-refractivity contribution >= 4 is 5.69 Å². The molecule has 5 heteroatoms. The van der Waals surface area contributed by atoms with Crippen LogP contribution in [0.4, 0.5) is 5.69 Å². The first-order chi connectivity index (χ1) is 15.5. The summed E-state index contributed by atoms with van der Waals surface area (Å²) < 4.78 is 6.11. The number of nitro groups is 1. The van der Waals surface area contributed by atoms with E-state index in [0.717, 1.165) is 23.1 Å². The standard InChI is InChI=1S/C27H23NO4/c1-19(17-20-7-12-24(29)13-8-20)22-9-16-27(26(18-22)21-5-3-2-4-6-21)32-25-14-10-23(11-15-25)28(30)31/h2-16,18-19,29H,17H2,1H3. The van der Waals surface area contributed by atoms with Gasteiger partial charge in [0.05, 0.1) is 4.92 Å². The lowest BCUT2D eigenvalue weighted by molar-refractivity contribution is -0.384. The maximum atomic E-state index is 10.9. The van der Waals surface area contributed by atoms with Crippen LogP contribution in [0.15, 0.2) is 97.1 Å².